The predicted octanol–water partition coefficient (Wildman–Crippen LogP) is 2.35. The van der Waals surface area contributed by atoms with E-state index in [1.54, 1.807) is 36.7 Å². The first-order valence-electron chi connectivity index (χ1n) is 6.53. The van der Waals surface area contributed by atoms with Gasteiger partial charge in [-0.3, -0.25) is 0 Å². The fourth-order valence-corrected chi connectivity index (χ4v) is 3.14. The number of benzene rings is 1. The van der Waals surface area contributed by atoms with Gasteiger partial charge in [-0.25, -0.2) is 18.1 Å². The Morgan fingerprint density at radius 2 is 1.95 bits per heavy atom. The lowest BCUT2D eigenvalue weighted by molar-refractivity contribution is 0.581. The monoisotopic (exact) mass is 301 g/mol. The molecule has 0 aliphatic heterocycles. The summed E-state index contributed by atoms with van der Waals surface area (Å²) in [5.41, 5.74) is 2.65. The molecule has 1 aromatic carbocycles. The maximum absolute atomic E-state index is 12.2. The molecule has 0 aliphatic rings. The van der Waals surface area contributed by atoms with E-state index in [-0.39, 0.29) is 11.4 Å². The molecular formula is C15H15N3O2S. The number of hydrogen-bond acceptors (Lipinski definition) is 3. The average Bonchev–Trinajstić information content (AvgIpc) is 2.89. The maximum Gasteiger partial charge on any atom is 0.240 e. The van der Waals surface area contributed by atoms with Gasteiger partial charge in [-0.15, -0.1) is 0 Å². The Balaban J connectivity index is 1.82. The number of pyridine rings is 1. The van der Waals surface area contributed by atoms with Crippen molar-refractivity contribution in [1.29, 1.82) is 0 Å². The van der Waals surface area contributed by atoms with Crippen LogP contribution in [0.3, 0.4) is 0 Å². The van der Waals surface area contributed by atoms with Crippen LogP contribution in [-0.4, -0.2) is 18.4 Å². The van der Waals surface area contributed by atoms with Gasteiger partial charge in [-0.05, 0) is 36.8 Å². The molecule has 2 aromatic heterocycles. The van der Waals surface area contributed by atoms with Gasteiger partial charge < -0.3 is 4.98 Å². The van der Waals surface area contributed by atoms with Crippen LogP contribution in [0.2, 0.25) is 0 Å². The standard InChI is InChI=1S/C15H15N3O2S/c1-11-4-6-13(7-5-11)21(19,20)18-10-12-9-17-15-14(12)3-2-8-16-15/h2-9,18H,10H2,1H3,(H,16,17). The Morgan fingerprint density at radius 1 is 1.19 bits per heavy atom. The van der Waals surface area contributed by atoms with Crippen molar-refractivity contribution in [1.82, 2.24) is 14.7 Å². The molecule has 0 radical (unpaired) electrons. The van der Waals surface area contributed by atoms with Crippen molar-refractivity contribution in [2.24, 2.45) is 0 Å². The van der Waals surface area contributed by atoms with Crippen LogP contribution in [0.5, 0.6) is 0 Å². The number of sulfonamides is 1. The number of aromatic amines is 1. The molecule has 0 bridgehead atoms. The molecule has 0 atom stereocenters. The smallest absolute Gasteiger partial charge is 0.240 e. The molecular weight excluding hydrogens is 286 g/mol. The Morgan fingerprint density at radius 3 is 2.71 bits per heavy atom. The number of aromatic nitrogens is 2. The van der Waals surface area contributed by atoms with E-state index in [4.69, 9.17) is 0 Å². The highest BCUT2D eigenvalue weighted by Crippen LogP contribution is 2.16. The summed E-state index contributed by atoms with van der Waals surface area (Å²) in [6, 6.07) is 10.5. The van der Waals surface area contributed by atoms with Gasteiger partial charge in [0.15, 0.2) is 0 Å². The van der Waals surface area contributed by atoms with Crippen LogP contribution in [0.15, 0.2) is 53.7 Å². The summed E-state index contributed by atoms with van der Waals surface area (Å²) in [4.78, 5) is 7.48. The summed E-state index contributed by atoms with van der Waals surface area (Å²) in [7, 11) is -3.51. The van der Waals surface area contributed by atoms with Crippen LogP contribution in [0.25, 0.3) is 11.0 Å². The second-order valence-corrected chi connectivity index (χ2v) is 6.62. The summed E-state index contributed by atoms with van der Waals surface area (Å²) in [5, 5.41) is 0.920. The first-order chi connectivity index (χ1) is 10.1. The second-order valence-electron chi connectivity index (χ2n) is 4.85. The Kier molecular flexibility index (Phi) is 3.48. The van der Waals surface area contributed by atoms with Gasteiger partial charge >= 0.3 is 0 Å². The third-order valence-corrected chi connectivity index (χ3v) is 4.74. The van der Waals surface area contributed by atoms with Crippen LogP contribution in [-0.2, 0) is 16.6 Å². The zero-order chi connectivity index (χ0) is 14.9. The predicted molar refractivity (Wildman–Crippen MR) is 81.3 cm³/mol. The number of H-pyrrole nitrogens is 1. The van der Waals surface area contributed by atoms with Crippen molar-refractivity contribution in [3.8, 4) is 0 Å². The van der Waals surface area contributed by atoms with Crippen molar-refractivity contribution in [2.45, 2.75) is 18.4 Å². The molecule has 2 heterocycles. The van der Waals surface area contributed by atoms with E-state index in [1.807, 2.05) is 19.1 Å². The highest BCUT2D eigenvalue weighted by molar-refractivity contribution is 7.89. The lowest BCUT2D eigenvalue weighted by Gasteiger charge is -2.06. The molecule has 0 spiro atoms. The first kappa shape index (κ1) is 13.8. The molecule has 0 saturated heterocycles. The molecule has 0 saturated carbocycles. The van der Waals surface area contributed by atoms with Gasteiger partial charge in [0.05, 0.1) is 4.90 Å². The highest BCUT2D eigenvalue weighted by atomic mass is 32.2. The Hall–Kier alpha value is -2.18. The van der Waals surface area contributed by atoms with Gasteiger partial charge in [0.25, 0.3) is 0 Å². The fourth-order valence-electron chi connectivity index (χ4n) is 2.13. The molecule has 21 heavy (non-hydrogen) atoms. The minimum atomic E-state index is -3.51. The SMILES string of the molecule is Cc1ccc(S(=O)(=O)NCc2c[nH]c3ncccc23)cc1. The van der Waals surface area contributed by atoms with Gasteiger partial charge in [0, 0.05) is 24.3 Å². The highest BCUT2D eigenvalue weighted by Gasteiger charge is 2.14. The zero-order valence-corrected chi connectivity index (χ0v) is 12.3. The summed E-state index contributed by atoms with van der Waals surface area (Å²) < 4.78 is 27.1. The molecule has 2 N–H and O–H groups in total. The molecule has 108 valence electrons. The van der Waals surface area contributed by atoms with E-state index >= 15 is 0 Å². The van der Waals surface area contributed by atoms with Crippen molar-refractivity contribution >= 4 is 21.1 Å². The summed E-state index contributed by atoms with van der Waals surface area (Å²) in [6.07, 6.45) is 3.47. The van der Waals surface area contributed by atoms with E-state index in [1.165, 1.54) is 0 Å². The molecule has 0 aliphatic carbocycles. The van der Waals surface area contributed by atoms with Gasteiger partial charge in [0.2, 0.25) is 10.0 Å². The van der Waals surface area contributed by atoms with Gasteiger partial charge in [0.1, 0.15) is 5.65 Å². The molecule has 0 unspecified atom stereocenters. The van der Waals surface area contributed by atoms with Crippen LogP contribution < -0.4 is 4.72 Å². The van der Waals surface area contributed by atoms with E-state index in [0.29, 0.717) is 0 Å². The number of aryl methyl sites for hydroxylation is 1. The quantitative estimate of drug-likeness (QED) is 0.776. The Bertz CT molecular complexity index is 867. The minimum Gasteiger partial charge on any atom is -0.346 e. The number of hydrogen-bond donors (Lipinski definition) is 2. The van der Waals surface area contributed by atoms with Crippen molar-refractivity contribution in [3.05, 3.63) is 59.9 Å². The van der Waals surface area contributed by atoms with Gasteiger partial charge in [-0.1, -0.05) is 17.7 Å². The number of nitrogens with zero attached hydrogens (tertiary/aromatic N) is 1. The largest absolute Gasteiger partial charge is 0.346 e. The van der Waals surface area contributed by atoms with Crippen LogP contribution in [0.1, 0.15) is 11.1 Å². The van der Waals surface area contributed by atoms with E-state index in [2.05, 4.69) is 14.7 Å². The first-order valence-corrected chi connectivity index (χ1v) is 8.02. The molecule has 0 fully saturated rings. The molecule has 6 heteroatoms. The van der Waals surface area contributed by atoms with Crippen LogP contribution >= 0.6 is 0 Å². The minimum absolute atomic E-state index is 0.224. The Labute approximate surface area is 123 Å². The van der Waals surface area contributed by atoms with Crippen molar-refractivity contribution < 1.29 is 8.42 Å². The lowest BCUT2D eigenvalue weighted by Crippen LogP contribution is -2.23. The summed E-state index contributed by atoms with van der Waals surface area (Å²) >= 11 is 0. The topological polar surface area (TPSA) is 74.8 Å². The summed E-state index contributed by atoms with van der Waals surface area (Å²) in [6.45, 7) is 2.14. The van der Waals surface area contributed by atoms with Gasteiger partial charge in [-0.2, -0.15) is 0 Å². The summed E-state index contributed by atoms with van der Waals surface area (Å²) in [5.74, 6) is 0. The lowest BCUT2D eigenvalue weighted by atomic mass is 10.2. The van der Waals surface area contributed by atoms with Crippen molar-refractivity contribution in [3.63, 3.8) is 0 Å². The van der Waals surface area contributed by atoms with Crippen LogP contribution in [0, 0.1) is 6.92 Å². The third-order valence-electron chi connectivity index (χ3n) is 3.32. The number of rotatable bonds is 4. The molecule has 3 aromatic rings. The normalized spacial score (nSPS) is 11.9. The fraction of sp³-hybridized carbons (Fsp3) is 0.133. The molecule has 0 amide bonds. The maximum atomic E-state index is 12.2. The second kappa shape index (κ2) is 5.31. The van der Waals surface area contributed by atoms with E-state index in [0.717, 1.165) is 22.2 Å². The van der Waals surface area contributed by atoms with Crippen molar-refractivity contribution in [2.75, 3.05) is 0 Å². The number of fused-ring (bicyclic) bond motifs is 1. The third kappa shape index (κ3) is 2.81. The zero-order valence-electron chi connectivity index (χ0n) is 11.5. The van der Waals surface area contributed by atoms with Crippen LogP contribution in [0.4, 0.5) is 0 Å². The molecule has 5 nitrogen and oxygen atoms in total. The molecule has 3 rings (SSSR count). The average molecular weight is 301 g/mol. The van der Waals surface area contributed by atoms with E-state index in [9.17, 15) is 8.42 Å². The van der Waals surface area contributed by atoms with E-state index < -0.39 is 10.0 Å². The number of nitrogens with one attached hydrogen (secondary N) is 2.